The maximum atomic E-state index is 14.2. The van der Waals surface area contributed by atoms with Gasteiger partial charge in [0.05, 0.1) is 17.2 Å². The van der Waals surface area contributed by atoms with Crippen LogP contribution in [0.2, 0.25) is 0 Å². The Morgan fingerprint density at radius 1 is 0.905 bits per heavy atom. The summed E-state index contributed by atoms with van der Waals surface area (Å²) >= 11 is 1.50. The first-order valence-corrected chi connectivity index (χ1v) is 16.8. The fourth-order valence-corrected chi connectivity index (χ4v) is 6.30. The van der Waals surface area contributed by atoms with Crippen molar-refractivity contribution < 1.29 is 22.7 Å². The maximum Gasteiger partial charge on any atom is 0.264 e. The molecule has 3 aromatic rings. The molecule has 8 nitrogen and oxygen atoms in total. The third-order valence-electron chi connectivity index (χ3n) is 6.94. The van der Waals surface area contributed by atoms with Crippen molar-refractivity contribution in [3.05, 3.63) is 84.4 Å². The number of sulfonamides is 1. The van der Waals surface area contributed by atoms with Gasteiger partial charge >= 0.3 is 0 Å². The van der Waals surface area contributed by atoms with E-state index in [9.17, 15) is 18.0 Å². The number of ether oxygens (including phenoxy) is 1. The number of para-hydroxylation sites is 2. The zero-order valence-corrected chi connectivity index (χ0v) is 26.6. The Morgan fingerprint density at radius 2 is 1.55 bits per heavy atom. The van der Waals surface area contributed by atoms with Crippen LogP contribution in [-0.2, 0) is 26.2 Å². The molecule has 0 bridgehead atoms. The van der Waals surface area contributed by atoms with Crippen molar-refractivity contribution in [3.63, 3.8) is 0 Å². The molecule has 0 saturated carbocycles. The molecule has 10 heteroatoms. The molecule has 0 radical (unpaired) electrons. The summed E-state index contributed by atoms with van der Waals surface area (Å²) in [4.78, 5) is 30.1. The van der Waals surface area contributed by atoms with Crippen LogP contribution in [0.3, 0.4) is 0 Å². The predicted octanol–water partition coefficient (Wildman–Crippen LogP) is 5.72. The van der Waals surface area contributed by atoms with Crippen LogP contribution < -0.4 is 14.4 Å². The molecule has 0 saturated heterocycles. The average Bonchev–Trinajstić information content (AvgIpc) is 3.00. The van der Waals surface area contributed by atoms with Gasteiger partial charge in [-0.15, -0.1) is 11.8 Å². The zero-order chi connectivity index (χ0) is 30.7. The number of benzene rings is 3. The summed E-state index contributed by atoms with van der Waals surface area (Å²) in [5.74, 6) is -0.429. The highest BCUT2D eigenvalue weighted by Gasteiger charge is 2.35. The van der Waals surface area contributed by atoms with Crippen molar-refractivity contribution in [2.75, 3.05) is 23.7 Å². The van der Waals surface area contributed by atoms with Crippen LogP contribution >= 0.6 is 11.8 Å². The summed E-state index contributed by atoms with van der Waals surface area (Å²) in [6, 6.07) is 21.8. The van der Waals surface area contributed by atoms with Crippen LogP contribution in [0.25, 0.3) is 0 Å². The molecule has 3 aromatic carbocycles. The molecule has 0 heterocycles. The Kier molecular flexibility index (Phi) is 12.3. The molecule has 0 unspecified atom stereocenters. The Bertz CT molecular complexity index is 1420. The molecule has 0 aromatic heterocycles. The van der Waals surface area contributed by atoms with Crippen LogP contribution in [0, 0.1) is 0 Å². The van der Waals surface area contributed by atoms with Crippen molar-refractivity contribution in [3.8, 4) is 5.75 Å². The lowest BCUT2D eigenvalue weighted by molar-refractivity contribution is -0.140. The standard InChI is InChI=1S/C32H41N3O5S2/c1-6-24(4)33-32(37)28(7-2)34(22-25-14-10-9-11-15-25)31(36)23-35(29-16-12-13-17-30(29)40-8-3)42(38,39)27-20-18-26(41-5)19-21-27/h9-21,24,28H,6-8,22-23H2,1-5H3,(H,33,37)/t24-,28-/m0/s1. The third-order valence-corrected chi connectivity index (χ3v) is 9.46. The number of anilines is 1. The molecule has 3 rings (SSSR count). The zero-order valence-electron chi connectivity index (χ0n) is 24.9. The first-order valence-electron chi connectivity index (χ1n) is 14.2. The van der Waals surface area contributed by atoms with Gasteiger partial charge in [0.2, 0.25) is 11.8 Å². The minimum Gasteiger partial charge on any atom is -0.492 e. The van der Waals surface area contributed by atoms with Crippen LogP contribution in [0.4, 0.5) is 5.69 Å². The van der Waals surface area contributed by atoms with Gasteiger partial charge in [0.15, 0.2) is 0 Å². The van der Waals surface area contributed by atoms with Gasteiger partial charge in [0.1, 0.15) is 18.3 Å². The van der Waals surface area contributed by atoms with E-state index in [2.05, 4.69) is 5.32 Å². The summed E-state index contributed by atoms with van der Waals surface area (Å²) in [5, 5.41) is 2.99. The number of nitrogens with one attached hydrogen (secondary N) is 1. The summed E-state index contributed by atoms with van der Waals surface area (Å²) in [7, 11) is -4.20. The second-order valence-corrected chi connectivity index (χ2v) is 12.6. The molecule has 0 aliphatic rings. The molecule has 0 spiro atoms. The lowest BCUT2D eigenvalue weighted by atomic mass is 10.1. The quantitative estimate of drug-likeness (QED) is 0.221. The lowest BCUT2D eigenvalue weighted by Gasteiger charge is -2.34. The number of thioether (sulfide) groups is 1. The molecule has 226 valence electrons. The predicted molar refractivity (Wildman–Crippen MR) is 169 cm³/mol. The Balaban J connectivity index is 2.10. The molecule has 0 fully saturated rings. The summed E-state index contributed by atoms with van der Waals surface area (Å²) < 4.78 is 35.2. The topological polar surface area (TPSA) is 96.0 Å². The van der Waals surface area contributed by atoms with Gasteiger partial charge in [-0.05, 0) is 74.9 Å². The normalized spacial score (nSPS) is 12.7. The summed E-state index contributed by atoms with van der Waals surface area (Å²) in [5.41, 5.74) is 1.08. The van der Waals surface area contributed by atoms with Gasteiger partial charge in [-0.1, -0.05) is 56.3 Å². The van der Waals surface area contributed by atoms with Gasteiger partial charge in [0.25, 0.3) is 10.0 Å². The number of carbonyl (C=O) groups is 2. The van der Waals surface area contributed by atoms with Gasteiger partial charge < -0.3 is 15.0 Å². The minimum atomic E-state index is -4.20. The monoisotopic (exact) mass is 611 g/mol. The highest BCUT2D eigenvalue weighted by molar-refractivity contribution is 7.98. The van der Waals surface area contributed by atoms with E-state index >= 15 is 0 Å². The second-order valence-electron chi connectivity index (χ2n) is 9.84. The lowest BCUT2D eigenvalue weighted by Crippen LogP contribution is -2.53. The van der Waals surface area contributed by atoms with Gasteiger partial charge in [-0.2, -0.15) is 0 Å². The average molecular weight is 612 g/mol. The van der Waals surface area contributed by atoms with E-state index in [1.165, 1.54) is 28.8 Å². The molecular weight excluding hydrogens is 571 g/mol. The molecule has 2 amide bonds. The van der Waals surface area contributed by atoms with E-state index in [4.69, 9.17) is 4.74 Å². The first-order chi connectivity index (χ1) is 20.2. The van der Waals surface area contributed by atoms with E-state index in [1.54, 1.807) is 36.4 Å². The summed E-state index contributed by atoms with van der Waals surface area (Å²) in [6.45, 7) is 7.49. The SMILES string of the molecule is CCOc1ccccc1N(CC(=O)N(Cc1ccccc1)[C@@H](CC)C(=O)N[C@@H](C)CC)S(=O)(=O)c1ccc(SC)cc1. The van der Waals surface area contributed by atoms with E-state index in [-0.39, 0.29) is 29.1 Å². The molecular formula is C32H41N3O5S2. The third kappa shape index (κ3) is 8.29. The van der Waals surface area contributed by atoms with Crippen molar-refractivity contribution in [2.45, 2.75) is 69.0 Å². The van der Waals surface area contributed by atoms with Gasteiger partial charge in [0, 0.05) is 17.5 Å². The number of amides is 2. The van der Waals surface area contributed by atoms with Gasteiger partial charge in [-0.25, -0.2) is 8.42 Å². The van der Waals surface area contributed by atoms with Crippen molar-refractivity contribution >= 4 is 39.3 Å². The van der Waals surface area contributed by atoms with Crippen molar-refractivity contribution in [1.82, 2.24) is 10.2 Å². The second kappa shape index (κ2) is 15.7. The van der Waals surface area contributed by atoms with Crippen molar-refractivity contribution in [2.24, 2.45) is 0 Å². The molecule has 2 atom stereocenters. The molecule has 1 N–H and O–H groups in total. The van der Waals surface area contributed by atoms with E-state index in [0.717, 1.165) is 21.2 Å². The molecule has 0 aliphatic carbocycles. The number of carbonyl (C=O) groups excluding carboxylic acids is 2. The summed E-state index contributed by atoms with van der Waals surface area (Å²) in [6.07, 6.45) is 3.01. The van der Waals surface area contributed by atoms with E-state index < -0.39 is 28.5 Å². The highest BCUT2D eigenvalue weighted by atomic mass is 32.2. The minimum absolute atomic E-state index is 0.0515. The Hall–Kier alpha value is -3.50. The number of hydrogen-bond acceptors (Lipinski definition) is 6. The first kappa shape index (κ1) is 33.0. The smallest absolute Gasteiger partial charge is 0.264 e. The van der Waals surface area contributed by atoms with Gasteiger partial charge in [-0.3, -0.25) is 13.9 Å². The molecule has 42 heavy (non-hydrogen) atoms. The number of hydrogen-bond donors (Lipinski definition) is 1. The van der Waals surface area contributed by atoms with Crippen LogP contribution in [0.15, 0.2) is 88.7 Å². The van der Waals surface area contributed by atoms with Crippen LogP contribution in [0.5, 0.6) is 5.75 Å². The number of nitrogens with zero attached hydrogens (tertiary/aromatic N) is 2. The largest absolute Gasteiger partial charge is 0.492 e. The Labute approximate surface area is 254 Å². The fraction of sp³-hybridized carbons (Fsp3) is 0.375. The maximum absolute atomic E-state index is 14.2. The van der Waals surface area contributed by atoms with Crippen LogP contribution in [-0.4, -0.2) is 56.6 Å². The van der Waals surface area contributed by atoms with E-state index in [0.29, 0.717) is 18.8 Å². The highest BCUT2D eigenvalue weighted by Crippen LogP contribution is 2.33. The van der Waals surface area contributed by atoms with Crippen molar-refractivity contribution in [1.29, 1.82) is 0 Å². The fourth-order valence-electron chi connectivity index (χ4n) is 4.47. The Morgan fingerprint density at radius 3 is 2.14 bits per heavy atom. The van der Waals surface area contributed by atoms with E-state index in [1.807, 2.05) is 64.3 Å². The molecule has 0 aliphatic heterocycles. The van der Waals surface area contributed by atoms with Crippen LogP contribution in [0.1, 0.15) is 46.1 Å². The number of rotatable bonds is 15.